The predicted molar refractivity (Wildman–Crippen MR) is 61.0 cm³/mol. The van der Waals surface area contributed by atoms with Crippen LogP contribution in [0.4, 0.5) is 0 Å². The van der Waals surface area contributed by atoms with Crippen molar-refractivity contribution in [3.05, 3.63) is 0 Å². The van der Waals surface area contributed by atoms with Crippen LogP contribution in [0, 0.1) is 0 Å². The van der Waals surface area contributed by atoms with E-state index in [1.54, 1.807) is 7.11 Å². The van der Waals surface area contributed by atoms with Gasteiger partial charge in [-0.1, -0.05) is 20.7 Å². The zero-order valence-electron chi connectivity index (χ0n) is 8.16. The van der Waals surface area contributed by atoms with E-state index in [1.165, 1.54) is 0 Å². The van der Waals surface area contributed by atoms with E-state index in [9.17, 15) is 5.11 Å². The number of rotatable bonds is 2. The molecule has 5 heteroatoms. The van der Waals surface area contributed by atoms with Gasteiger partial charge in [0.1, 0.15) is 0 Å². The predicted octanol–water partition coefficient (Wildman–Crippen LogP) is 1.46. The van der Waals surface area contributed by atoms with Crippen LogP contribution in [0.5, 0.6) is 0 Å². The van der Waals surface area contributed by atoms with E-state index in [1.807, 2.05) is 20.7 Å². The average Bonchev–Trinajstić information content (AvgIpc) is 2.55. The number of hydrogen-bond donors (Lipinski definition) is 2. The Balaban J connectivity index is 0.000000561. The molecule has 0 radical (unpaired) electrons. The van der Waals surface area contributed by atoms with Gasteiger partial charge in [0, 0.05) is 7.11 Å². The lowest BCUT2D eigenvalue weighted by atomic mass is 9.64. The van der Waals surface area contributed by atoms with E-state index in [4.69, 9.17) is 4.65 Å². The highest BCUT2D eigenvalue weighted by molar-refractivity contribution is 7.84. The van der Waals surface area contributed by atoms with Crippen LogP contribution in [-0.2, 0) is 4.65 Å². The SMILES string of the molecule is CC.COB(C)C1(S)CC1(O)P. The molecule has 0 heterocycles. The Labute approximate surface area is 83.2 Å². The normalized spacial score (nSPS) is 38.2. The molecule has 72 valence electrons. The van der Waals surface area contributed by atoms with Gasteiger partial charge in [-0.15, -0.1) is 9.24 Å². The molecule has 0 saturated heterocycles. The summed E-state index contributed by atoms with van der Waals surface area (Å²) in [5.41, 5.74) is 0. The van der Waals surface area contributed by atoms with Gasteiger partial charge in [-0.25, -0.2) is 0 Å². The van der Waals surface area contributed by atoms with E-state index < -0.39 is 5.34 Å². The molecule has 1 aliphatic rings. The highest BCUT2D eigenvalue weighted by Gasteiger charge is 2.66. The van der Waals surface area contributed by atoms with Crippen molar-refractivity contribution < 1.29 is 9.76 Å². The fourth-order valence-electron chi connectivity index (χ4n) is 1.06. The van der Waals surface area contributed by atoms with Gasteiger partial charge in [-0.05, 0) is 6.42 Å². The second-order valence-corrected chi connectivity index (χ2v) is 4.66. The molecule has 0 aromatic heterocycles. The molecule has 1 saturated carbocycles. The van der Waals surface area contributed by atoms with Gasteiger partial charge >= 0.3 is 6.92 Å². The lowest BCUT2D eigenvalue weighted by Crippen LogP contribution is -2.33. The highest BCUT2D eigenvalue weighted by atomic mass is 32.1. The molecule has 1 aliphatic carbocycles. The summed E-state index contributed by atoms with van der Waals surface area (Å²) in [6.07, 6.45) is 0.683. The molecular weight excluding hydrogens is 190 g/mol. The van der Waals surface area contributed by atoms with Crippen LogP contribution in [0.1, 0.15) is 20.3 Å². The summed E-state index contributed by atoms with van der Waals surface area (Å²) in [5.74, 6) is 0. The van der Waals surface area contributed by atoms with E-state index in [0.29, 0.717) is 6.42 Å². The number of thiol groups is 1. The molecule has 0 bridgehead atoms. The van der Waals surface area contributed by atoms with Crippen molar-refractivity contribution in [3.8, 4) is 0 Å². The van der Waals surface area contributed by atoms with Crippen LogP contribution in [0.3, 0.4) is 0 Å². The second kappa shape index (κ2) is 4.32. The average molecular weight is 208 g/mol. The molecule has 1 fully saturated rings. The molecular formula is C7H18BO2PS. The molecule has 1 rings (SSSR count). The molecule has 2 nitrogen and oxygen atoms in total. The van der Waals surface area contributed by atoms with Crippen LogP contribution >= 0.6 is 21.9 Å². The van der Waals surface area contributed by atoms with Crippen LogP contribution in [0.15, 0.2) is 0 Å². The Kier molecular flexibility index (Phi) is 4.60. The molecule has 0 aliphatic heterocycles. The van der Waals surface area contributed by atoms with Crippen molar-refractivity contribution in [2.75, 3.05) is 7.11 Å². The first kappa shape index (κ1) is 12.8. The molecule has 0 spiro atoms. The molecule has 0 amide bonds. The summed E-state index contributed by atoms with van der Waals surface area (Å²) in [5, 5.41) is 8.74. The summed E-state index contributed by atoms with van der Waals surface area (Å²) >= 11 is 4.33. The second-order valence-electron chi connectivity index (χ2n) is 2.90. The highest BCUT2D eigenvalue weighted by Crippen LogP contribution is 2.58. The topological polar surface area (TPSA) is 29.5 Å². The van der Waals surface area contributed by atoms with Crippen molar-refractivity contribution in [2.24, 2.45) is 0 Å². The maximum absolute atomic E-state index is 9.46. The molecule has 0 aromatic carbocycles. The minimum absolute atomic E-state index is 0.00154. The first-order chi connectivity index (χ1) is 5.44. The molecule has 1 N–H and O–H groups in total. The van der Waals surface area contributed by atoms with E-state index in [0.717, 1.165) is 0 Å². The Morgan fingerprint density at radius 3 is 2.00 bits per heavy atom. The van der Waals surface area contributed by atoms with Crippen LogP contribution in [0.2, 0.25) is 6.82 Å². The third-order valence-electron chi connectivity index (χ3n) is 2.19. The Bertz CT molecular complexity index is 156. The Hall–Kier alpha value is 0.765. The van der Waals surface area contributed by atoms with Gasteiger partial charge in [0.25, 0.3) is 0 Å². The van der Waals surface area contributed by atoms with Crippen LogP contribution in [0.25, 0.3) is 0 Å². The fraction of sp³-hybridized carbons (Fsp3) is 1.00. The zero-order valence-corrected chi connectivity index (χ0v) is 10.2. The van der Waals surface area contributed by atoms with Gasteiger partial charge in [0.05, 0.1) is 9.99 Å². The molecule has 12 heavy (non-hydrogen) atoms. The zero-order chi connectivity index (χ0) is 9.99. The maximum Gasteiger partial charge on any atom is 0.309 e. The first-order valence-corrected chi connectivity index (χ1v) is 5.23. The third kappa shape index (κ3) is 2.17. The fourth-order valence-corrected chi connectivity index (χ4v) is 2.13. The summed E-state index contributed by atoms with van der Waals surface area (Å²) in [6, 6.07) is 0. The van der Waals surface area contributed by atoms with E-state index in [-0.39, 0.29) is 11.6 Å². The van der Waals surface area contributed by atoms with Gasteiger partial charge in [0.15, 0.2) is 0 Å². The van der Waals surface area contributed by atoms with Crippen molar-refractivity contribution in [2.45, 2.75) is 37.1 Å². The molecule has 3 atom stereocenters. The van der Waals surface area contributed by atoms with Crippen LogP contribution in [-0.4, -0.2) is 29.1 Å². The largest absolute Gasteiger partial charge is 0.437 e. The van der Waals surface area contributed by atoms with Crippen molar-refractivity contribution in [1.82, 2.24) is 0 Å². The minimum atomic E-state index is -0.717. The Morgan fingerprint density at radius 2 is 1.92 bits per heavy atom. The number of aliphatic hydroxyl groups is 1. The summed E-state index contributed by atoms with van der Waals surface area (Å²) in [6.45, 7) is 5.91. The standard InChI is InChI=1S/C5H12BO2PS.C2H6/c1-6(8-2)4(10)3-5(4,7)9;1-2/h7,10H,3,9H2,1-2H3;1-2H3. The van der Waals surface area contributed by atoms with Crippen molar-refractivity contribution >= 4 is 28.8 Å². The number of hydrogen-bond acceptors (Lipinski definition) is 3. The van der Waals surface area contributed by atoms with Crippen molar-refractivity contribution in [1.29, 1.82) is 0 Å². The monoisotopic (exact) mass is 208 g/mol. The van der Waals surface area contributed by atoms with Gasteiger partial charge in [-0.3, -0.25) is 0 Å². The van der Waals surface area contributed by atoms with Crippen molar-refractivity contribution in [3.63, 3.8) is 0 Å². The van der Waals surface area contributed by atoms with Gasteiger partial charge in [-0.2, -0.15) is 12.6 Å². The smallest absolute Gasteiger partial charge is 0.309 e. The third-order valence-corrected chi connectivity index (χ3v) is 4.06. The van der Waals surface area contributed by atoms with E-state index in [2.05, 4.69) is 21.9 Å². The van der Waals surface area contributed by atoms with Gasteiger partial charge < -0.3 is 9.76 Å². The minimum Gasteiger partial charge on any atom is -0.437 e. The summed E-state index contributed by atoms with van der Waals surface area (Å²) in [4.78, 5) is 0. The first-order valence-electron chi connectivity index (χ1n) is 4.20. The summed E-state index contributed by atoms with van der Waals surface area (Å²) < 4.78 is 4.71. The maximum atomic E-state index is 9.46. The quantitative estimate of drug-likeness (QED) is 0.408. The Morgan fingerprint density at radius 1 is 1.58 bits per heavy atom. The molecule has 0 aromatic rings. The molecule has 3 unspecified atom stereocenters. The van der Waals surface area contributed by atoms with E-state index >= 15 is 0 Å². The van der Waals surface area contributed by atoms with Gasteiger partial charge in [0.2, 0.25) is 0 Å². The lowest BCUT2D eigenvalue weighted by molar-refractivity contribution is 0.238. The summed E-state index contributed by atoms with van der Waals surface area (Å²) in [7, 11) is 4.02. The van der Waals surface area contributed by atoms with Crippen LogP contribution < -0.4 is 0 Å². The lowest BCUT2D eigenvalue weighted by Gasteiger charge is -2.15.